The molecule has 0 bridgehead atoms. The number of aromatic nitrogens is 3. The largest absolute Gasteiger partial charge is 0.494 e. The first-order valence-electron chi connectivity index (χ1n) is 8.07. The number of ether oxygens (including phenoxy) is 1. The predicted molar refractivity (Wildman–Crippen MR) is 102 cm³/mol. The highest BCUT2D eigenvalue weighted by Crippen LogP contribution is 2.31. The Morgan fingerprint density at radius 1 is 1.28 bits per heavy atom. The molecule has 0 fully saturated rings. The average molecular weight is 360 g/mol. The number of hydrogen-bond donors (Lipinski definition) is 1. The monoisotopic (exact) mass is 359 g/mol. The number of nitrogens with one attached hydrogen (secondary N) is 1. The Morgan fingerprint density at radius 3 is 2.80 bits per heavy atom. The van der Waals surface area contributed by atoms with E-state index in [0.29, 0.717) is 5.15 Å². The quantitative estimate of drug-likeness (QED) is 0.684. The summed E-state index contributed by atoms with van der Waals surface area (Å²) >= 11 is 6.13. The van der Waals surface area contributed by atoms with Crippen LogP contribution >= 0.6 is 11.6 Å². The van der Waals surface area contributed by atoms with Crippen molar-refractivity contribution in [2.45, 2.75) is 6.92 Å². The molecule has 1 N–H and O–H groups in total. The predicted octanol–water partition coefficient (Wildman–Crippen LogP) is 3.36. The smallest absolute Gasteiger partial charge is 0.158 e. The van der Waals surface area contributed by atoms with Gasteiger partial charge in [-0.3, -0.25) is 0 Å². The van der Waals surface area contributed by atoms with Crippen LogP contribution in [0.25, 0.3) is 16.6 Å². The van der Waals surface area contributed by atoms with E-state index in [1.807, 2.05) is 50.0 Å². The molecule has 7 heteroatoms. The van der Waals surface area contributed by atoms with Crippen LogP contribution in [0.15, 0.2) is 30.5 Å². The third kappa shape index (κ3) is 3.70. The number of halogens is 1. The van der Waals surface area contributed by atoms with Crippen molar-refractivity contribution in [2.24, 2.45) is 0 Å². The molecule has 0 spiro atoms. The maximum absolute atomic E-state index is 6.13. The van der Waals surface area contributed by atoms with Gasteiger partial charge in [-0.2, -0.15) is 0 Å². The van der Waals surface area contributed by atoms with Crippen LogP contribution in [-0.4, -0.2) is 54.0 Å². The third-order valence-corrected chi connectivity index (χ3v) is 4.15. The summed E-state index contributed by atoms with van der Waals surface area (Å²) in [4.78, 5) is 6.32. The summed E-state index contributed by atoms with van der Waals surface area (Å²) in [5.74, 6) is 1.53. The normalized spacial score (nSPS) is 11.3. The van der Waals surface area contributed by atoms with Crippen LogP contribution in [0.5, 0.6) is 5.75 Å². The van der Waals surface area contributed by atoms with Crippen molar-refractivity contribution in [3.63, 3.8) is 0 Å². The Hall–Kier alpha value is -2.31. The van der Waals surface area contributed by atoms with Gasteiger partial charge < -0.3 is 15.0 Å². The fourth-order valence-corrected chi connectivity index (χ4v) is 2.82. The number of aryl methyl sites for hydroxylation is 1. The first-order valence-corrected chi connectivity index (χ1v) is 8.45. The van der Waals surface area contributed by atoms with Gasteiger partial charge in [-0.25, -0.2) is 9.67 Å². The number of fused-ring (bicyclic) bond motifs is 1. The van der Waals surface area contributed by atoms with E-state index in [2.05, 4.69) is 15.2 Å². The Labute approximate surface area is 152 Å². The number of pyridine rings is 1. The number of likely N-dealkylation sites (N-methyl/N-ethyl adjacent to an activating group) is 1. The van der Waals surface area contributed by atoms with E-state index in [9.17, 15) is 0 Å². The van der Waals surface area contributed by atoms with Gasteiger partial charge in [0, 0.05) is 25.4 Å². The first-order chi connectivity index (χ1) is 12.0. The van der Waals surface area contributed by atoms with Crippen molar-refractivity contribution in [1.29, 1.82) is 0 Å². The SMILES string of the molecule is COc1ccc(C)cc1-n1nc(NCCN(C)C)c2cnc(Cl)cc21. The highest BCUT2D eigenvalue weighted by Gasteiger charge is 2.16. The van der Waals surface area contributed by atoms with Crippen molar-refractivity contribution in [3.8, 4) is 11.4 Å². The van der Waals surface area contributed by atoms with Crippen LogP contribution in [0.3, 0.4) is 0 Å². The lowest BCUT2D eigenvalue weighted by Crippen LogP contribution is -2.21. The molecule has 1 aromatic carbocycles. The topological polar surface area (TPSA) is 55.2 Å². The maximum Gasteiger partial charge on any atom is 0.158 e. The number of anilines is 1. The molecular formula is C18H22ClN5O. The van der Waals surface area contributed by atoms with Crippen LogP contribution in [0, 0.1) is 6.92 Å². The second-order valence-corrected chi connectivity index (χ2v) is 6.58. The Kier molecular flexibility index (Phi) is 5.11. The van der Waals surface area contributed by atoms with Crippen molar-refractivity contribution in [2.75, 3.05) is 39.6 Å². The molecule has 0 aliphatic heterocycles. The lowest BCUT2D eigenvalue weighted by atomic mass is 10.2. The standard InChI is InChI=1S/C18H22ClN5O/c1-12-5-6-16(25-4)15(9-12)24-14-10-17(19)21-11-13(14)18(22-24)20-7-8-23(2)3/h5-6,9-11H,7-8H2,1-4H3,(H,20,22). The number of benzene rings is 1. The molecule has 0 aliphatic carbocycles. The van der Waals surface area contributed by atoms with E-state index < -0.39 is 0 Å². The van der Waals surface area contributed by atoms with Gasteiger partial charge in [-0.15, -0.1) is 5.10 Å². The molecule has 0 radical (unpaired) electrons. The van der Waals surface area contributed by atoms with Gasteiger partial charge in [-0.1, -0.05) is 17.7 Å². The third-order valence-electron chi connectivity index (χ3n) is 3.95. The molecule has 0 aliphatic rings. The molecule has 25 heavy (non-hydrogen) atoms. The van der Waals surface area contributed by atoms with Gasteiger partial charge in [0.1, 0.15) is 16.6 Å². The number of hydrogen-bond acceptors (Lipinski definition) is 5. The lowest BCUT2D eigenvalue weighted by molar-refractivity contribution is 0.412. The van der Waals surface area contributed by atoms with Gasteiger partial charge >= 0.3 is 0 Å². The molecule has 2 heterocycles. The fraction of sp³-hybridized carbons (Fsp3) is 0.333. The van der Waals surface area contributed by atoms with Gasteiger partial charge in [0.15, 0.2) is 5.82 Å². The van der Waals surface area contributed by atoms with E-state index in [1.54, 1.807) is 13.3 Å². The summed E-state index contributed by atoms with van der Waals surface area (Å²) in [7, 11) is 5.74. The van der Waals surface area contributed by atoms with Crippen molar-refractivity contribution in [3.05, 3.63) is 41.2 Å². The Bertz CT molecular complexity index is 891. The highest BCUT2D eigenvalue weighted by molar-refractivity contribution is 6.30. The first kappa shape index (κ1) is 17.5. The zero-order valence-corrected chi connectivity index (χ0v) is 15.6. The lowest BCUT2D eigenvalue weighted by Gasteiger charge is -2.11. The molecular weight excluding hydrogens is 338 g/mol. The van der Waals surface area contributed by atoms with Gasteiger partial charge in [0.05, 0.1) is 18.0 Å². The molecule has 3 rings (SSSR count). The van der Waals surface area contributed by atoms with Crippen LogP contribution in [0.1, 0.15) is 5.56 Å². The number of rotatable bonds is 6. The molecule has 2 aromatic heterocycles. The van der Waals surface area contributed by atoms with Gasteiger partial charge in [-0.05, 0) is 38.7 Å². The molecule has 3 aromatic rings. The van der Waals surface area contributed by atoms with Crippen molar-refractivity contribution < 1.29 is 4.74 Å². The van der Waals surface area contributed by atoms with E-state index >= 15 is 0 Å². The van der Waals surface area contributed by atoms with Gasteiger partial charge in [0.2, 0.25) is 0 Å². The zero-order valence-electron chi connectivity index (χ0n) is 14.9. The fourth-order valence-electron chi connectivity index (χ4n) is 2.66. The average Bonchev–Trinajstić information content (AvgIpc) is 2.92. The van der Waals surface area contributed by atoms with Crippen molar-refractivity contribution in [1.82, 2.24) is 19.7 Å². The summed E-state index contributed by atoms with van der Waals surface area (Å²) in [5, 5.41) is 9.49. The summed E-state index contributed by atoms with van der Waals surface area (Å²) in [6.07, 6.45) is 1.75. The Balaban J connectivity index is 2.12. The molecule has 0 saturated heterocycles. The zero-order chi connectivity index (χ0) is 18.0. The molecule has 132 valence electrons. The minimum Gasteiger partial charge on any atom is -0.494 e. The Morgan fingerprint density at radius 2 is 2.08 bits per heavy atom. The van der Waals surface area contributed by atoms with E-state index in [0.717, 1.165) is 46.8 Å². The second kappa shape index (κ2) is 7.29. The maximum atomic E-state index is 6.13. The van der Waals surface area contributed by atoms with Crippen LogP contribution in [0.2, 0.25) is 5.15 Å². The summed E-state index contributed by atoms with van der Waals surface area (Å²) in [6.45, 7) is 3.73. The molecule has 0 atom stereocenters. The number of nitrogens with zero attached hydrogens (tertiary/aromatic N) is 4. The van der Waals surface area contributed by atoms with Crippen LogP contribution in [-0.2, 0) is 0 Å². The van der Waals surface area contributed by atoms with Crippen LogP contribution < -0.4 is 10.1 Å². The van der Waals surface area contributed by atoms with E-state index in [1.165, 1.54) is 0 Å². The highest BCUT2D eigenvalue weighted by atomic mass is 35.5. The minimum atomic E-state index is 0.431. The molecule has 6 nitrogen and oxygen atoms in total. The molecule has 0 unspecified atom stereocenters. The summed E-state index contributed by atoms with van der Waals surface area (Å²) in [5.41, 5.74) is 2.88. The molecule has 0 amide bonds. The summed E-state index contributed by atoms with van der Waals surface area (Å²) < 4.78 is 7.37. The molecule has 0 saturated carbocycles. The minimum absolute atomic E-state index is 0.431. The van der Waals surface area contributed by atoms with Crippen LogP contribution in [0.4, 0.5) is 5.82 Å². The van der Waals surface area contributed by atoms with Crippen molar-refractivity contribution >= 4 is 28.3 Å². The summed E-state index contributed by atoms with van der Waals surface area (Å²) in [6, 6.07) is 7.82. The number of methoxy groups -OCH3 is 1. The second-order valence-electron chi connectivity index (χ2n) is 6.19. The van der Waals surface area contributed by atoms with E-state index in [-0.39, 0.29) is 0 Å². The van der Waals surface area contributed by atoms with Gasteiger partial charge in [0.25, 0.3) is 0 Å². The van der Waals surface area contributed by atoms with E-state index in [4.69, 9.17) is 21.4 Å².